The second-order valence-electron chi connectivity index (χ2n) is 3.72. The van der Waals surface area contributed by atoms with Gasteiger partial charge in [0.25, 0.3) is 0 Å². The number of aliphatic carboxylic acids is 1. The van der Waals surface area contributed by atoms with Crippen LogP contribution in [0.25, 0.3) is 0 Å². The molecule has 0 saturated heterocycles. The van der Waals surface area contributed by atoms with Crippen molar-refractivity contribution in [3.05, 3.63) is 34.7 Å². The van der Waals surface area contributed by atoms with Crippen LogP contribution in [0.2, 0.25) is 0 Å². The Kier molecular flexibility index (Phi) is 2.77. The maximum absolute atomic E-state index is 11.2. The normalized spacial score (nSPS) is 24.0. The minimum atomic E-state index is -0.774. The molecule has 2 rings (SSSR count). The van der Waals surface area contributed by atoms with Crippen LogP contribution in [0, 0.1) is 0 Å². The van der Waals surface area contributed by atoms with Gasteiger partial charge in [-0.15, -0.1) is 11.3 Å². The first kappa shape index (κ1) is 10.2. The van der Waals surface area contributed by atoms with Gasteiger partial charge >= 0.3 is 5.97 Å². The van der Waals surface area contributed by atoms with Crippen molar-refractivity contribution in [1.82, 2.24) is 5.32 Å². The number of carboxylic acid groups (broad SMARTS) is 1. The molecule has 0 fully saturated rings. The molecule has 3 nitrogen and oxygen atoms in total. The van der Waals surface area contributed by atoms with Crippen molar-refractivity contribution >= 4 is 17.3 Å². The van der Waals surface area contributed by atoms with Crippen molar-refractivity contribution in [2.45, 2.75) is 24.8 Å². The fourth-order valence-corrected chi connectivity index (χ4v) is 2.47. The largest absolute Gasteiger partial charge is 0.479 e. The van der Waals surface area contributed by atoms with Gasteiger partial charge in [0, 0.05) is 11.3 Å². The van der Waals surface area contributed by atoms with Gasteiger partial charge in [0.1, 0.15) is 5.54 Å². The SMILES string of the molecule is O=C(O)C1(CCc2cccs2)CC=CN1. The summed E-state index contributed by atoms with van der Waals surface area (Å²) in [5.41, 5.74) is -0.774. The molecule has 0 amide bonds. The predicted octanol–water partition coefficient (Wildman–Crippen LogP) is 2.01. The van der Waals surface area contributed by atoms with Gasteiger partial charge in [-0.05, 0) is 30.5 Å². The molecular formula is C11H13NO2S. The smallest absolute Gasteiger partial charge is 0.329 e. The minimum absolute atomic E-state index is 0.577. The van der Waals surface area contributed by atoms with E-state index in [4.69, 9.17) is 0 Å². The van der Waals surface area contributed by atoms with E-state index in [1.165, 1.54) is 4.88 Å². The van der Waals surface area contributed by atoms with Gasteiger partial charge in [0.15, 0.2) is 0 Å². The summed E-state index contributed by atoms with van der Waals surface area (Å²) >= 11 is 1.68. The molecule has 1 aromatic heterocycles. The Morgan fingerprint density at radius 1 is 1.67 bits per heavy atom. The van der Waals surface area contributed by atoms with Crippen LogP contribution in [-0.4, -0.2) is 16.6 Å². The molecule has 0 aromatic carbocycles. The quantitative estimate of drug-likeness (QED) is 0.821. The lowest BCUT2D eigenvalue weighted by Crippen LogP contribution is -2.47. The van der Waals surface area contributed by atoms with E-state index in [0.29, 0.717) is 12.8 Å². The first-order valence-electron chi connectivity index (χ1n) is 4.91. The molecule has 1 aliphatic rings. The molecule has 0 bridgehead atoms. The number of carboxylic acids is 1. The van der Waals surface area contributed by atoms with Crippen LogP contribution in [-0.2, 0) is 11.2 Å². The van der Waals surface area contributed by atoms with Gasteiger partial charge in [-0.2, -0.15) is 0 Å². The minimum Gasteiger partial charge on any atom is -0.479 e. The topological polar surface area (TPSA) is 49.3 Å². The molecule has 4 heteroatoms. The zero-order valence-corrected chi connectivity index (χ0v) is 9.09. The average Bonchev–Trinajstić information content (AvgIpc) is 2.87. The zero-order chi connectivity index (χ0) is 10.7. The number of aryl methyl sites for hydroxylation is 1. The summed E-state index contributed by atoms with van der Waals surface area (Å²) in [6.45, 7) is 0. The Hall–Kier alpha value is -1.29. The summed E-state index contributed by atoms with van der Waals surface area (Å²) in [6.07, 6.45) is 5.65. The van der Waals surface area contributed by atoms with Crippen molar-refractivity contribution in [3.63, 3.8) is 0 Å². The van der Waals surface area contributed by atoms with Crippen LogP contribution >= 0.6 is 11.3 Å². The second-order valence-corrected chi connectivity index (χ2v) is 4.75. The molecule has 1 aromatic rings. The van der Waals surface area contributed by atoms with Gasteiger partial charge in [0.05, 0.1) is 0 Å². The molecule has 0 aliphatic carbocycles. The fourth-order valence-electron chi connectivity index (χ4n) is 1.76. The second kappa shape index (κ2) is 4.06. The van der Waals surface area contributed by atoms with Crippen molar-refractivity contribution < 1.29 is 9.90 Å². The first-order valence-corrected chi connectivity index (χ1v) is 5.79. The van der Waals surface area contributed by atoms with E-state index in [-0.39, 0.29) is 0 Å². The lowest BCUT2D eigenvalue weighted by atomic mass is 9.91. The number of carbonyl (C=O) groups is 1. The molecule has 0 spiro atoms. The van der Waals surface area contributed by atoms with E-state index < -0.39 is 11.5 Å². The third-order valence-electron chi connectivity index (χ3n) is 2.73. The van der Waals surface area contributed by atoms with Crippen molar-refractivity contribution in [2.24, 2.45) is 0 Å². The maximum atomic E-state index is 11.2. The lowest BCUT2D eigenvalue weighted by Gasteiger charge is -2.24. The van der Waals surface area contributed by atoms with Gasteiger partial charge in [-0.25, -0.2) is 4.79 Å². The molecule has 80 valence electrons. The van der Waals surface area contributed by atoms with Crippen LogP contribution in [0.15, 0.2) is 29.8 Å². The molecule has 2 N–H and O–H groups in total. The Balaban J connectivity index is 1.99. The highest BCUT2D eigenvalue weighted by molar-refractivity contribution is 7.09. The number of rotatable bonds is 4. The van der Waals surface area contributed by atoms with Crippen LogP contribution < -0.4 is 5.32 Å². The standard InChI is InChI=1S/C11H13NO2S/c13-10(14)11(5-2-7-12-11)6-4-9-3-1-8-15-9/h1-3,7-8,12H,4-6H2,(H,13,14). The Morgan fingerprint density at radius 3 is 3.07 bits per heavy atom. The summed E-state index contributed by atoms with van der Waals surface area (Å²) < 4.78 is 0. The lowest BCUT2D eigenvalue weighted by molar-refractivity contribution is -0.144. The highest BCUT2D eigenvalue weighted by atomic mass is 32.1. The Bertz CT molecular complexity index is 362. The summed E-state index contributed by atoms with van der Waals surface area (Å²) in [5, 5.41) is 14.2. The van der Waals surface area contributed by atoms with E-state index in [1.54, 1.807) is 17.5 Å². The molecule has 1 atom stereocenters. The van der Waals surface area contributed by atoms with E-state index in [2.05, 4.69) is 5.32 Å². The summed E-state index contributed by atoms with van der Waals surface area (Å²) in [6, 6.07) is 4.04. The summed E-state index contributed by atoms with van der Waals surface area (Å²) in [7, 11) is 0. The van der Waals surface area contributed by atoms with Crippen LogP contribution in [0.1, 0.15) is 17.7 Å². The van der Waals surface area contributed by atoms with E-state index in [0.717, 1.165) is 6.42 Å². The van der Waals surface area contributed by atoms with Gasteiger partial charge in [0.2, 0.25) is 0 Å². The zero-order valence-electron chi connectivity index (χ0n) is 8.27. The van der Waals surface area contributed by atoms with Crippen LogP contribution in [0.4, 0.5) is 0 Å². The highest BCUT2D eigenvalue weighted by Crippen LogP contribution is 2.24. The fraction of sp³-hybridized carbons (Fsp3) is 0.364. The van der Waals surface area contributed by atoms with Crippen molar-refractivity contribution in [3.8, 4) is 0 Å². The third kappa shape index (κ3) is 2.04. The van der Waals surface area contributed by atoms with E-state index in [9.17, 15) is 9.90 Å². The Labute approximate surface area is 92.4 Å². The predicted molar refractivity (Wildman–Crippen MR) is 59.9 cm³/mol. The van der Waals surface area contributed by atoms with Gasteiger partial charge in [-0.1, -0.05) is 12.1 Å². The molecule has 15 heavy (non-hydrogen) atoms. The van der Waals surface area contributed by atoms with Crippen LogP contribution in [0.3, 0.4) is 0 Å². The van der Waals surface area contributed by atoms with Crippen LogP contribution in [0.5, 0.6) is 0 Å². The first-order chi connectivity index (χ1) is 7.23. The molecule has 2 heterocycles. The third-order valence-corrected chi connectivity index (χ3v) is 3.67. The number of hydrogen-bond donors (Lipinski definition) is 2. The van der Waals surface area contributed by atoms with Gasteiger partial charge in [-0.3, -0.25) is 0 Å². The molecule has 0 radical (unpaired) electrons. The van der Waals surface area contributed by atoms with E-state index in [1.807, 2.05) is 23.6 Å². The summed E-state index contributed by atoms with van der Waals surface area (Å²) in [5.74, 6) is -0.760. The molecular weight excluding hydrogens is 210 g/mol. The van der Waals surface area contributed by atoms with Crippen molar-refractivity contribution in [1.29, 1.82) is 0 Å². The monoisotopic (exact) mass is 223 g/mol. The number of nitrogens with one attached hydrogen (secondary N) is 1. The van der Waals surface area contributed by atoms with Crippen molar-refractivity contribution in [2.75, 3.05) is 0 Å². The Morgan fingerprint density at radius 2 is 2.53 bits per heavy atom. The highest BCUT2D eigenvalue weighted by Gasteiger charge is 2.38. The van der Waals surface area contributed by atoms with E-state index >= 15 is 0 Å². The molecule has 0 saturated carbocycles. The number of thiophene rings is 1. The maximum Gasteiger partial charge on any atom is 0.329 e. The average molecular weight is 223 g/mol. The summed E-state index contributed by atoms with van der Waals surface area (Å²) in [4.78, 5) is 12.4. The molecule has 1 aliphatic heterocycles. The molecule has 1 unspecified atom stereocenters. The van der Waals surface area contributed by atoms with Gasteiger partial charge < -0.3 is 10.4 Å². The number of hydrogen-bond acceptors (Lipinski definition) is 3.